The van der Waals surface area contributed by atoms with Crippen LogP contribution in [0.3, 0.4) is 0 Å². The van der Waals surface area contributed by atoms with Gasteiger partial charge < -0.3 is 15.8 Å². The predicted molar refractivity (Wildman–Crippen MR) is 122 cm³/mol. The number of halogens is 2. The third-order valence-corrected chi connectivity index (χ3v) is 5.06. The van der Waals surface area contributed by atoms with Gasteiger partial charge in [0.15, 0.2) is 17.5 Å². The zero-order chi connectivity index (χ0) is 23.4. The van der Waals surface area contributed by atoms with Crippen molar-refractivity contribution in [3.63, 3.8) is 0 Å². The van der Waals surface area contributed by atoms with E-state index in [2.05, 4.69) is 20.3 Å². The number of methoxy groups -OCH3 is 1. The number of hydrogen-bond acceptors (Lipinski definition) is 6. The van der Waals surface area contributed by atoms with E-state index < -0.39 is 17.5 Å². The molecule has 7 nitrogen and oxygen atoms in total. The zero-order valence-corrected chi connectivity index (χ0v) is 17.8. The summed E-state index contributed by atoms with van der Waals surface area (Å²) in [6.07, 6.45) is 4.00. The van der Waals surface area contributed by atoms with Gasteiger partial charge in [0, 0.05) is 41.9 Å². The Bertz CT molecular complexity index is 1320. The minimum atomic E-state index is -0.956. The van der Waals surface area contributed by atoms with E-state index in [1.165, 1.54) is 19.2 Å². The molecular weight excluding hydrogens is 428 g/mol. The zero-order valence-electron chi connectivity index (χ0n) is 17.8. The fourth-order valence-corrected chi connectivity index (χ4v) is 3.47. The van der Waals surface area contributed by atoms with Gasteiger partial charge in [-0.3, -0.25) is 9.78 Å². The summed E-state index contributed by atoms with van der Waals surface area (Å²) in [5.74, 6) is -1.05. The first kappa shape index (κ1) is 22.1. The van der Waals surface area contributed by atoms with E-state index in [4.69, 9.17) is 10.5 Å². The molecule has 0 radical (unpaired) electrons. The highest BCUT2D eigenvalue weighted by Gasteiger charge is 2.18. The number of primary amides is 1. The molecule has 2 heterocycles. The van der Waals surface area contributed by atoms with Crippen molar-refractivity contribution in [2.45, 2.75) is 12.8 Å². The van der Waals surface area contributed by atoms with Crippen molar-refractivity contribution in [1.29, 1.82) is 0 Å². The Morgan fingerprint density at radius 2 is 1.97 bits per heavy atom. The number of amides is 1. The maximum Gasteiger partial charge on any atom is 0.217 e. The Kier molecular flexibility index (Phi) is 6.39. The topological polar surface area (TPSA) is 103 Å². The van der Waals surface area contributed by atoms with Crippen molar-refractivity contribution in [1.82, 2.24) is 15.0 Å². The van der Waals surface area contributed by atoms with Gasteiger partial charge in [-0.1, -0.05) is 12.1 Å². The number of aromatic nitrogens is 3. The SMILES string of the molecule is COc1cc(-c2cccc(F)c2F)cc2c(NCCCC(N)=O)nc(-c3cccnc3)nc12. The van der Waals surface area contributed by atoms with Crippen molar-refractivity contribution in [3.8, 4) is 28.3 Å². The van der Waals surface area contributed by atoms with Crippen molar-refractivity contribution < 1.29 is 18.3 Å². The number of pyridine rings is 1. The molecule has 1 amide bonds. The second kappa shape index (κ2) is 9.56. The summed E-state index contributed by atoms with van der Waals surface area (Å²) in [4.78, 5) is 24.5. The van der Waals surface area contributed by atoms with Gasteiger partial charge in [0.1, 0.15) is 17.1 Å². The monoisotopic (exact) mass is 449 g/mol. The first-order valence-electron chi connectivity index (χ1n) is 10.2. The number of carbonyl (C=O) groups is 1. The normalized spacial score (nSPS) is 10.9. The summed E-state index contributed by atoms with van der Waals surface area (Å²) in [5, 5.41) is 3.76. The van der Waals surface area contributed by atoms with E-state index in [-0.39, 0.29) is 12.0 Å². The van der Waals surface area contributed by atoms with Crippen LogP contribution < -0.4 is 15.8 Å². The molecular formula is C24H21F2N5O2. The summed E-state index contributed by atoms with van der Waals surface area (Å²) < 4.78 is 33.9. The number of hydrogen-bond donors (Lipinski definition) is 2. The largest absolute Gasteiger partial charge is 0.494 e. The van der Waals surface area contributed by atoms with Gasteiger partial charge in [-0.05, 0) is 42.3 Å². The fourth-order valence-electron chi connectivity index (χ4n) is 3.47. The average molecular weight is 449 g/mol. The maximum atomic E-state index is 14.5. The molecule has 4 rings (SSSR count). The number of anilines is 1. The molecule has 2 aromatic carbocycles. The highest BCUT2D eigenvalue weighted by Crippen LogP contribution is 2.37. The molecule has 4 aromatic rings. The molecule has 0 aliphatic rings. The smallest absolute Gasteiger partial charge is 0.217 e. The van der Waals surface area contributed by atoms with Crippen molar-refractivity contribution >= 4 is 22.6 Å². The highest BCUT2D eigenvalue weighted by atomic mass is 19.2. The number of carbonyl (C=O) groups excluding carboxylic acids is 1. The van der Waals surface area contributed by atoms with Gasteiger partial charge in [-0.2, -0.15) is 0 Å². The molecule has 9 heteroatoms. The van der Waals surface area contributed by atoms with Crippen molar-refractivity contribution in [3.05, 3.63) is 66.5 Å². The molecule has 168 valence electrons. The Balaban J connectivity index is 1.89. The van der Waals surface area contributed by atoms with Gasteiger partial charge in [0.05, 0.1) is 7.11 Å². The van der Waals surface area contributed by atoms with E-state index >= 15 is 0 Å². The van der Waals surface area contributed by atoms with Crippen LogP contribution >= 0.6 is 0 Å². The minimum Gasteiger partial charge on any atom is -0.494 e. The number of fused-ring (bicyclic) bond motifs is 1. The summed E-state index contributed by atoms with van der Waals surface area (Å²) in [5.41, 5.74) is 6.92. The van der Waals surface area contributed by atoms with Crippen molar-refractivity contribution in [2.24, 2.45) is 5.73 Å². The van der Waals surface area contributed by atoms with E-state index in [1.54, 1.807) is 30.6 Å². The van der Waals surface area contributed by atoms with Gasteiger partial charge >= 0.3 is 0 Å². The Morgan fingerprint density at radius 3 is 2.70 bits per heavy atom. The number of nitrogens with two attached hydrogens (primary N) is 1. The third-order valence-electron chi connectivity index (χ3n) is 5.06. The van der Waals surface area contributed by atoms with Crippen LogP contribution in [-0.4, -0.2) is 34.5 Å². The van der Waals surface area contributed by atoms with Crippen LogP contribution in [0.1, 0.15) is 12.8 Å². The second-order valence-corrected chi connectivity index (χ2v) is 7.31. The molecule has 0 fully saturated rings. The Hall–Kier alpha value is -4.14. The summed E-state index contributed by atoms with van der Waals surface area (Å²) >= 11 is 0. The summed E-state index contributed by atoms with van der Waals surface area (Å²) in [6, 6.07) is 10.9. The molecule has 2 aromatic heterocycles. The summed E-state index contributed by atoms with van der Waals surface area (Å²) in [6.45, 7) is 0.419. The number of ether oxygens (including phenoxy) is 1. The first-order chi connectivity index (χ1) is 16.0. The molecule has 0 unspecified atom stereocenters. The van der Waals surface area contributed by atoms with Gasteiger partial charge in [-0.15, -0.1) is 0 Å². The van der Waals surface area contributed by atoms with Crippen molar-refractivity contribution in [2.75, 3.05) is 19.0 Å². The Morgan fingerprint density at radius 1 is 1.12 bits per heavy atom. The van der Waals surface area contributed by atoms with Crippen LogP contribution in [-0.2, 0) is 4.79 Å². The molecule has 0 aliphatic carbocycles. The average Bonchev–Trinajstić information content (AvgIpc) is 2.83. The van der Waals surface area contributed by atoms with E-state index in [0.29, 0.717) is 52.4 Å². The molecule has 3 N–H and O–H groups in total. The minimum absolute atomic E-state index is 0.0891. The number of nitrogens with zero attached hydrogens (tertiary/aromatic N) is 3. The van der Waals surface area contributed by atoms with E-state index in [9.17, 15) is 13.6 Å². The molecule has 0 aliphatic heterocycles. The summed E-state index contributed by atoms with van der Waals surface area (Å²) in [7, 11) is 1.48. The number of rotatable bonds is 8. The fraction of sp³-hybridized carbons (Fsp3) is 0.167. The lowest BCUT2D eigenvalue weighted by molar-refractivity contribution is -0.118. The molecule has 0 spiro atoms. The predicted octanol–water partition coefficient (Wildman–Crippen LogP) is 4.32. The van der Waals surface area contributed by atoms with Crippen LogP contribution in [0.4, 0.5) is 14.6 Å². The molecule has 0 saturated carbocycles. The van der Waals surface area contributed by atoms with Gasteiger partial charge in [0.2, 0.25) is 5.91 Å². The molecule has 0 atom stereocenters. The lowest BCUT2D eigenvalue weighted by atomic mass is 10.0. The van der Waals surface area contributed by atoms with Crippen LogP contribution in [0.5, 0.6) is 5.75 Å². The lowest BCUT2D eigenvalue weighted by Gasteiger charge is -2.15. The van der Waals surface area contributed by atoms with Crippen LogP contribution in [0.15, 0.2) is 54.9 Å². The van der Waals surface area contributed by atoms with Gasteiger partial charge in [0.25, 0.3) is 0 Å². The molecule has 0 saturated heterocycles. The number of benzene rings is 2. The standard InChI is InChI=1S/C24H21F2N5O2/c1-33-19-12-15(16-6-2-7-18(25)21(16)26)11-17-22(19)30-23(14-5-3-9-28-13-14)31-24(17)29-10-4-8-20(27)32/h2-3,5-7,9,11-13H,4,8,10H2,1H3,(H2,27,32)(H,29,30,31). The van der Waals surface area contributed by atoms with E-state index in [0.717, 1.165) is 6.07 Å². The van der Waals surface area contributed by atoms with Crippen LogP contribution in [0.25, 0.3) is 33.4 Å². The highest BCUT2D eigenvalue weighted by molar-refractivity contribution is 5.98. The van der Waals surface area contributed by atoms with E-state index in [1.807, 2.05) is 6.07 Å². The maximum absolute atomic E-state index is 14.5. The molecule has 33 heavy (non-hydrogen) atoms. The molecule has 0 bridgehead atoms. The number of nitrogens with one attached hydrogen (secondary N) is 1. The van der Waals surface area contributed by atoms with Crippen LogP contribution in [0, 0.1) is 11.6 Å². The third kappa shape index (κ3) is 4.72. The quantitative estimate of drug-likeness (QED) is 0.388. The first-order valence-corrected chi connectivity index (χ1v) is 10.2. The van der Waals surface area contributed by atoms with Gasteiger partial charge in [-0.25, -0.2) is 18.7 Å². The lowest BCUT2D eigenvalue weighted by Crippen LogP contribution is -2.13. The van der Waals surface area contributed by atoms with Crippen LogP contribution in [0.2, 0.25) is 0 Å². The second-order valence-electron chi connectivity index (χ2n) is 7.31. The Labute approximate surface area is 188 Å².